The summed E-state index contributed by atoms with van der Waals surface area (Å²) in [6.07, 6.45) is 5.42. The lowest BCUT2D eigenvalue weighted by molar-refractivity contribution is -0.131. The standard InChI is InChI=1S/C18H23N3OS/c1-3-16-12-23-18(20-16)15-5-4-8-21(11-15)17(22)9-14-7-6-13(2)19-10-14/h6-7,10,12,15H,3-5,8-9,11H2,1-2H3/t15-/m1/s1. The molecule has 0 spiro atoms. The van der Waals surface area contributed by atoms with Gasteiger partial charge >= 0.3 is 0 Å². The summed E-state index contributed by atoms with van der Waals surface area (Å²) < 4.78 is 0. The molecule has 1 aliphatic rings. The Morgan fingerprint density at radius 3 is 3.00 bits per heavy atom. The van der Waals surface area contributed by atoms with E-state index in [0.29, 0.717) is 12.3 Å². The molecule has 3 heterocycles. The SMILES string of the molecule is CCc1csc([C@@H]2CCCN(C(=O)Cc3ccc(C)nc3)C2)n1. The molecule has 0 aromatic carbocycles. The first-order chi connectivity index (χ1) is 11.2. The van der Waals surface area contributed by atoms with Gasteiger partial charge in [-0.2, -0.15) is 0 Å². The van der Waals surface area contributed by atoms with Gasteiger partial charge in [-0.1, -0.05) is 13.0 Å². The van der Waals surface area contributed by atoms with Gasteiger partial charge in [-0.05, 0) is 37.8 Å². The van der Waals surface area contributed by atoms with Crippen molar-refractivity contribution < 1.29 is 4.79 Å². The Hall–Kier alpha value is -1.75. The molecular weight excluding hydrogens is 306 g/mol. The van der Waals surface area contributed by atoms with E-state index in [9.17, 15) is 4.79 Å². The van der Waals surface area contributed by atoms with E-state index in [1.165, 1.54) is 10.7 Å². The van der Waals surface area contributed by atoms with Gasteiger partial charge in [0.1, 0.15) is 0 Å². The Bertz CT molecular complexity index is 665. The Morgan fingerprint density at radius 1 is 1.43 bits per heavy atom. The molecule has 1 fully saturated rings. The molecule has 0 bridgehead atoms. The number of rotatable bonds is 4. The highest BCUT2D eigenvalue weighted by molar-refractivity contribution is 7.09. The van der Waals surface area contributed by atoms with Crippen molar-refractivity contribution in [3.8, 4) is 0 Å². The number of hydrogen-bond acceptors (Lipinski definition) is 4. The van der Waals surface area contributed by atoms with Gasteiger partial charge in [0.15, 0.2) is 0 Å². The molecule has 0 aliphatic carbocycles. The number of pyridine rings is 1. The molecule has 2 aromatic heterocycles. The van der Waals surface area contributed by atoms with Crippen molar-refractivity contribution in [2.45, 2.75) is 45.4 Å². The van der Waals surface area contributed by atoms with Crippen LogP contribution in [0.3, 0.4) is 0 Å². The van der Waals surface area contributed by atoms with Gasteiger partial charge in [0.2, 0.25) is 5.91 Å². The van der Waals surface area contributed by atoms with E-state index >= 15 is 0 Å². The summed E-state index contributed by atoms with van der Waals surface area (Å²) in [5, 5.41) is 3.34. The zero-order valence-corrected chi connectivity index (χ0v) is 14.6. The fourth-order valence-electron chi connectivity index (χ4n) is 2.97. The van der Waals surface area contributed by atoms with Gasteiger partial charge < -0.3 is 4.90 Å². The maximum Gasteiger partial charge on any atom is 0.227 e. The van der Waals surface area contributed by atoms with Gasteiger partial charge in [0.05, 0.1) is 17.1 Å². The first-order valence-corrected chi connectivity index (χ1v) is 9.17. The van der Waals surface area contributed by atoms with Crippen LogP contribution >= 0.6 is 11.3 Å². The average molecular weight is 329 g/mol. The van der Waals surface area contributed by atoms with E-state index in [1.54, 1.807) is 11.3 Å². The van der Waals surface area contributed by atoms with Crippen LogP contribution in [0.5, 0.6) is 0 Å². The molecular formula is C18H23N3OS. The summed E-state index contributed by atoms with van der Waals surface area (Å²) in [6.45, 7) is 5.75. The largest absolute Gasteiger partial charge is 0.342 e. The summed E-state index contributed by atoms with van der Waals surface area (Å²) in [5.74, 6) is 0.599. The minimum atomic E-state index is 0.202. The van der Waals surface area contributed by atoms with Gasteiger partial charge in [0, 0.05) is 36.3 Å². The average Bonchev–Trinajstić information content (AvgIpc) is 3.06. The minimum absolute atomic E-state index is 0.202. The van der Waals surface area contributed by atoms with Gasteiger partial charge in [-0.3, -0.25) is 9.78 Å². The fourth-order valence-corrected chi connectivity index (χ4v) is 4.00. The second-order valence-electron chi connectivity index (χ2n) is 6.19. The van der Waals surface area contributed by atoms with Crippen LogP contribution in [-0.4, -0.2) is 33.9 Å². The van der Waals surface area contributed by atoms with Crippen LogP contribution in [0, 0.1) is 6.92 Å². The first kappa shape index (κ1) is 16.1. The molecule has 0 saturated carbocycles. The quantitative estimate of drug-likeness (QED) is 0.864. The van der Waals surface area contributed by atoms with Crippen LogP contribution in [0.4, 0.5) is 0 Å². The summed E-state index contributed by atoms with van der Waals surface area (Å²) in [7, 11) is 0. The predicted molar refractivity (Wildman–Crippen MR) is 92.7 cm³/mol. The molecule has 1 aliphatic heterocycles. The van der Waals surface area contributed by atoms with Crippen molar-refractivity contribution in [2.24, 2.45) is 0 Å². The van der Waals surface area contributed by atoms with Gasteiger partial charge in [-0.25, -0.2) is 4.98 Å². The summed E-state index contributed by atoms with van der Waals surface area (Å²) >= 11 is 1.74. The van der Waals surface area contributed by atoms with Crippen molar-refractivity contribution in [3.05, 3.63) is 45.7 Å². The minimum Gasteiger partial charge on any atom is -0.342 e. The Balaban J connectivity index is 1.63. The number of aryl methyl sites for hydroxylation is 2. The molecule has 23 heavy (non-hydrogen) atoms. The summed E-state index contributed by atoms with van der Waals surface area (Å²) in [6, 6.07) is 3.96. The lowest BCUT2D eigenvalue weighted by Gasteiger charge is -2.32. The molecule has 122 valence electrons. The molecule has 1 amide bonds. The molecule has 0 N–H and O–H groups in total. The van der Waals surface area contributed by atoms with E-state index in [2.05, 4.69) is 17.3 Å². The maximum atomic E-state index is 12.6. The summed E-state index contributed by atoms with van der Waals surface area (Å²) in [5.41, 5.74) is 3.14. The van der Waals surface area contributed by atoms with Crippen LogP contribution in [0.2, 0.25) is 0 Å². The van der Waals surface area contributed by atoms with Crippen LogP contribution < -0.4 is 0 Å². The number of carbonyl (C=O) groups excluding carboxylic acids is 1. The number of thiazole rings is 1. The zero-order chi connectivity index (χ0) is 16.2. The van der Waals surface area contributed by atoms with Crippen molar-refractivity contribution in [1.29, 1.82) is 0 Å². The molecule has 4 nitrogen and oxygen atoms in total. The van der Waals surface area contributed by atoms with Crippen molar-refractivity contribution in [3.63, 3.8) is 0 Å². The van der Waals surface area contributed by atoms with Crippen LogP contribution in [0.1, 0.15) is 47.6 Å². The fraction of sp³-hybridized carbons (Fsp3) is 0.500. The molecule has 0 radical (unpaired) electrons. The monoisotopic (exact) mass is 329 g/mol. The predicted octanol–water partition coefficient (Wildman–Crippen LogP) is 3.36. The number of likely N-dealkylation sites (tertiary alicyclic amines) is 1. The van der Waals surface area contributed by atoms with Crippen molar-refractivity contribution >= 4 is 17.2 Å². The smallest absolute Gasteiger partial charge is 0.227 e. The van der Waals surface area contributed by atoms with E-state index in [0.717, 1.165) is 43.6 Å². The molecule has 2 aromatic rings. The first-order valence-electron chi connectivity index (χ1n) is 8.29. The van der Waals surface area contributed by atoms with E-state index in [-0.39, 0.29) is 5.91 Å². The third kappa shape index (κ3) is 3.96. The Labute approximate surface area is 141 Å². The molecule has 1 saturated heterocycles. The highest BCUT2D eigenvalue weighted by Crippen LogP contribution is 2.29. The molecule has 3 rings (SSSR count). The molecule has 1 atom stereocenters. The normalized spacial score (nSPS) is 18.2. The highest BCUT2D eigenvalue weighted by atomic mass is 32.1. The van der Waals surface area contributed by atoms with E-state index in [4.69, 9.17) is 4.98 Å². The maximum absolute atomic E-state index is 12.6. The number of carbonyl (C=O) groups is 1. The number of hydrogen-bond donors (Lipinski definition) is 0. The van der Waals surface area contributed by atoms with Crippen LogP contribution in [0.25, 0.3) is 0 Å². The van der Waals surface area contributed by atoms with E-state index in [1.807, 2.05) is 30.2 Å². The number of amides is 1. The number of aromatic nitrogens is 2. The van der Waals surface area contributed by atoms with Crippen LogP contribution in [0.15, 0.2) is 23.7 Å². The zero-order valence-electron chi connectivity index (χ0n) is 13.8. The van der Waals surface area contributed by atoms with Crippen molar-refractivity contribution in [2.75, 3.05) is 13.1 Å². The van der Waals surface area contributed by atoms with E-state index < -0.39 is 0 Å². The van der Waals surface area contributed by atoms with Crippen molar-refractivity contribution in [1.82, 2.24) is 14.9 Å². The number of piperidine rings is 1. The Kier molecular flexibility index (Phi) is 5.06. The summed E-state index contributed by atoms with van der Waals surface area (Å²) in [4.78, 5) is 23.6. The molecule has 5 heteroatoms. The van der Waals surface area contributed by atoms with Crippen LogP contribution in [-0.2, 0) is 17.6 Å². The lowest BCUT2D eigenvalue weighted by Crippen LogP contribution is -2.39. The molecule has 0 unspecified atom stereocenters. The van der Waals surface area contributed by atoms with Gasteiger partial charge in [-0.15, -0.1) is 11.3 Å². The highest BCUT2D eigenvalue weighted by Gasteiger charge is 2.26. The third-order valence-corrected chi connectivity index (χ3v) is 5.44. The lowest BCUT2D eigenvalue weighted by atomic mass is 9.98. The number of nitrogens with zero attached hydrogens (tertiary/aromatic N) is 3. The van der Waals surface area contributed by atoms with Gasteiger partial charge in [0.25, 0.3) is 0 Å². The topological polar surface area (TPSA) is 46.1 Å². The Morgan fingerprint density at radius 2 is 2.30 bits per heavy atom. The second kappa shape index (κ2) is 7.21. The second-order valence-corrected chi connectivity index (χ2v) is 7.08. The third-order valence-electron chi connectivity index (χ3n) is 4.38.